The van der Waals surface area contributed by atoms with Gasteiger partial charge in [-0.1, -0.05) is 33.3 Å². The van der Waals surface area contributed by atoms with E-state index in [1.165, 1.54) is 17.4 Å². The Bertz CT molecular complexity index is 845. The zero-order valence-corrected chi connectivity index (χ0v) is 13.5. The van der Waals surface area contributed by atoms with Crippen LogP contribution in [0, 0.1) is 6.92 Å². The van der Waals surface area contributed by atoms with Crippen LogP contribution in [0.1, 0.15) is 15.9 Å². The molecule has 0 bridgehead atoms. The molecule has 1 heterocycles. The summed E-state index contributed by atoms with van der Waals surface area (Å²) in [5.74, 6) is -0.447. The number of fused-ring (bicyclic) bond motifs is 1. The van der Waals surface area contributed by atoms with E-state index in [-0.39, 0.29) is 17.2 Å². The summed E-state index contributed by atoms with van der Waals surface area (Å²) in [6.45, 7) is 2.01. The summed E-state index contributed by atoms with van der Waals surface area (Å²) in [4.78, 5) is 16.6. The Morgan fingerprint density at radius 1 is 1.29 bits per heavy atom. The van der Waals surface area contributed by atoms with Gasteiger partial charge in [0.05, 0.1) is 15.8 Å². The molecule has 0 aliphatic carbocycles. The van der Waals surface area contributed by atoms with Gasteiger partial charge in [0.15, 0.2) is 5.13 Å². The maximum absolute atomic E-state index is 12.2. The number of hydrogen-bond donors (Lipinski definition) is 2. The van der Waals surface area contributed by atoms with Crippen molar-refractivity contribution in [2.75, 3.05) is 5.32 Å². The first kappa shape index (κ1) is 14.0. The number of aromatic hydroxyl groups is 1. The summed E-state index contributed by atoms with van der Waals surface area (Å²) >= 11 is 4.69. The van der Waals surface area contributed by atoms with Gasteiger partial charge >= 0.3 is 0 Å². The lowest BCUT2D eigenvalue weighted by atomic mass is 10.2. The highest BCUT2D eigenvalue weighted by molar-refractivity contribution is 9.10. The molecule has 0 aliphatic rings. The van der Waals surface area contributed by atoms with Crippen molar-refractivity contribution in [2.45, 2.75) is 6.92 Å². The molecule has 3 rings (SSSR count). The smallest absolute Gasteiger partial charge is 0.261 e. The molecule has 0 saturated heterocycles. The Morgan fingerprint density at radius 3 is 2.90 bits per heavy atom. The summed E-state index contributed by atoms with van der Waals surface area (Å²) in [6, 6.07) is 10.6. The average molecular weight is 363 g/mol. The predicted molar refractivity (Wildman–Crippen MR) is 88.1 cm³/mol. The van der Waals surface area contributed by atoms with E-state index < -0.39 is 0 Å². The third kappa shape index (κ3) is 2.91. The molecule has 4 nitrogen and oxygen atoms in total. The van der Waals surface area contributed by atoms with E-state index in [9.17, 15) is 9.90 Å². The molecule has 0 radical (unpaired) electrons. The third-order valence-corrected chi connectivity index (χ3v) is 4.39. The number of hydrogen-bond acceptors (Lipinski definition) is 4. The predicted octanol–water partition coefficient (Wildman–Crippen LogP) is 4.33. The van der Waals surface area contributed by atoms with Gasteiger partial charge in [-0.3, -0.25) is 10.1 Å². The third-order valence-electron chi connectivity index (χ3n) is 2.97. The molecule has 2 aromatic carbocycles. The molecule has 1 amide bonds. The summed E-state index contributed by atoms with van der Waals surface area (Å²) in [5.41, 5.74) is 2.20. The normalized spacial score (nSPS) is 10.8. The number of nitrogens with one attached hydrogen (secondary N) is 1. The standard InChI is InChI=1S/C15H11BrN2O2S/c1-8-2-4-11-13(6-8)21-15(17-11)18-14(20)10-7-9(16)3-5-12(10)19/h2-7,19H,1H3,(H,17,18,20). The van der Waals surface area contributed by atoms with Crippen molar-refractivity contribution in [3.8, 4) is 5.75 Å². The molecule has 0 spiro atoms. The van der Waals surface area contributed by atoms with E-state index in [0.717, 1.165) is 20.3 Å². The number of benzene rings is 2. The molecular formula is C15H11BrN2O2S. The van der Waals surface area contributed by atoms with Gasteiger partial charge in [-0.25, -0.2) is 4.98 Å². The molecule has 0 unspecified atom stereocenters. The van der Waals surface area contributed by atoms with Crippen LogP contribution in [0.5, 0.6) is 5.75 Å². The minimum absolute atomic E-state index is 0.0624. The van der Waals surface area contributed by atoms with Gasteiger partial charge < -0.3 is 5.11 Å². The maximum atomic E-state index is 12.2. The number of phenols is 1. The minimum atomic E-state index is -0.385. The van der Waals surface area contributed by atoms with Crippen LogP contribution in [0.2, 0.25) is 0 Å². The van der Waals surface area contributed by atoms with Crippen LogP contribution in [0.25, 0.3) is 10.2 Å². The number of aromatic nitrogens is 1. The molecule has 0 fully saturated rings. The van der Waals surface area contributed by atoms with E-state index in [0.29, 0.717) is 5.13 Å². The van der Waals surface area contributed by atoms with Gasteiger partial charge in [-0.2, -0.15) is 0 Å². The zero-order chi connectivity index (χ0) is 15.0. The summed E-state index contributed by atoms with van der Waals surface area (Å²) in [6.07, 6.45) is 0. The van der Waals surface area contributed by atoms with Crippen LogP contribution >= 0.6 is 27.3 Å². The van der Waals surface area contributed by atoms with Crippen molar-refractivity contribution in [3.05, 3.63) is 52.0 Å². The molecule has 0 atom stereocenters. The fourth-order valence-electron chi connectivity index (χ4n) is 1.94. The number of rotatable bonds is 2. The van der Waals surface area contributed by atoms with Gasteiger partial charge in [0.1, 0.15) is 5.75 Å². The molecular weight excluding hydrogens is 352 g/mol. The molecule has 106 valence electrons. The van der Waals surface area contributed by atoms with Gasteiger partial charge in [0.25, 0.3) is 5.91 Å². The lowest BCUT2D eigenvalue weighted by Crippen LogP contribution is -2.11. The number of carbonyl (C=O) groups excluding carboxylic acids is 1. The van der Waals surface area contributed by atoms with E-state index in [1.807, 2.05) is 25.1 Å². The molecule has 0 aliphatic heterocycles. The quantitative estimate of drug-likeness (QED) is 0.713. The number of aryl methyl sites for hydroxylation is 1. The SMILES string of the molecule is Cc1ccc2nc(NC(=O)c3cc(Br)ccc3O)sc2c1. The molecule has 2 N–H and O–H groups in total. The number of halogens is 1. The number of phenolic OH excluding ortho intramolecular Hbond substituents is 1. The highest BCUT2D eigenvalue weighted by Gasteiger charge is 2.14. The van der Waals surface area contributed by atoms with E-state index in [2.05, 4.69) is 26.2 Å². The largest absolute Gasteiger partial charge is 0.507 e. The highest BCUT2D eigenvalue weighted by atomic mass is 79.9. The Hall–Kier alpha value is -1.92. The van der Waals surface area contributed by atoms with Crippen molar-refractivity contribution in [3.63, 3.8) is 0 Å². The minimum Gasteiger partial charge on any atom is -0.507 e. The summed E-state index contributed by atoms with van der Waals surface area (Å²) in [7, 11) is 0. The van der Waals surface area contributed by atoms with Crippen molar-refractivity contribution in [2.24, 2.45) is 0 Å². The van der Waals surface area contributed by atoms with E-state index in [1.54, 1.807) is 12.1 Å². The van der Waals surface area contributed by atoms with Crippen molar-refractivity contribution < 1.29 is 9.90 Å². The van der Waals surface area contributed by atoms with Crippen LogP contribution in [-0.2, 0) is 0 Å². The Morgan fingerprint density at radius 2 is 2.10 bits per heavy atom. The second kappa shape index (κ2) is 5.46. The molecule has 0 saturated carbocycles. The lowest BCUT2D eigenvalue weighted by molar-refractivity contribution is 0.102. The second-order valence-corrected chi connectivity index (χ2v) is 6.55. The van der Waals surface area contributed by atoms with Crippen molar-refractivity contribution in [1.29, 1.82) is 0 Å². The van der Waals surface area contributed by atoms with Crippen LogP contribution in [-0.4, -0.2) is 16.0 Å². The van der Waals surface area contributed by atoms with Crippen molar-refractivity contribution >= 4 is 48.5 Å². The fourth-order valence-corrected chi connectivity index (χ4v) is 3.26. The summed E-state index contributed by atoms with van der Waals surface area (Å²) in [5, 5.41) is 13.0. The zero-order valence-electron chi connectivity index (χ0n) is 11.1. The van der Waals surface area contributed by atoms with Crippen LogP contribution in [0.4, 0.5) is 5.13 Å². The lowest BCUT2D eigenvalue weighted by Gasteiger charge is -2.04. The number of anilines is 1. The molecule has 6 heteroatoms. The monoisotopic (exact) mass is 362 g/mol. The van der Waals surface area contributed by atoms with Crippen LogP contribution in [0.15, 0.2) is 40.9 Å². The number of carbonyl (C=O) groups is 1. The van der Waals surface area contributed by atoms with Crippen LogP contribution in [0.3, 0.4) is 0 Å². The highest BCUT2D eigenvalue weighted by Crippen LogP contribution is 2.28. The Balaban J connectivity index is 1.90. The number of thiazole rings is 1. The fraction of sp³-hybridized carbons (Fsp3) is 0.0667. The molecule has 3 aromatic rings. The van der Waals surface area contributed by atoms with E-state index in [4.69, 9.17) is 0 Å². The maximum Gasteiger partial charge on any atom is 0.261 e. The molecule has 21 heavy (non-hydrogen) atoms. The average Bonchev–Trinajstić information content (AvgIpc) is 2.82. The first-order chi connectivity index (χ1) is 10.0. The van der Waals surface area contributed by atoms with Gasteiger partial charge in [0.2, 0.25) is 0 Å². The van der Waals surface area contributed by atoms with Crippen LogP contribution < -0.4 is 5.32 Å². The van der Waals surface area contributed by atoms with Gasteiger partial charge in [-0.15, -0.1) is 0 Å². The Labute approximate surface area is 133 Å². The van der Waals surface area contributed by atoms with E-state index >= 15 is 0 Å². The second-order valence-electron chi connectivity index (χ2n) is 4.61. The Kier molecular flexibility index (Phi) is 3.65. The summed E-state index contributed by atoms with van der Waals surface area (Å²) < 4.78 is 1.74. The first-order valence-corrected chi connectivity index (χ1v) is 7.81. The molecule has 1 aromatic heterocycles. The van der Waals surface area contributed by atoms with Gasteiger partial charge in [-0.05, 0) is 42.8 Å². The topological polar surface area (TPSA) is 62.2 Å². The number of amides is 1. The van der Waals surface area contributed by atoms with Gasteiger partial charge in [0, 0.05) is 4.47 Å². The number of nitrogens with zero attached hydrogens (tertiary/aromatic N) is 1. The first-order valence-electron chi connectivity index (χ1n) is 6.20. The van der Waals surface area contributed by atoms with Crippen molar-refractivity contribution in [1.82, 2.24) is 4.98 Å².